The lowest BCUT2D eigenvalue weighted by Gasteiger charge is -2.41. The third-order valence-electron chi connectivity index (χ3n) is 4.43. The minimum atomic E-state index is 0.201. The highest BCUT2D eigenvalue weighted by Gasteiger charge is 2.41. The molecule has 2 heterocycles. The molecule has 2 unspecified atom stereocenters. The molecule has 2 N–H and O–H groups in total. The molecule has 3 rings (SSSR count). The van der Waals surface area contributed by atoms with Crippen LogP contribution >= 0.6 is 0 Å². The van der Waals surface area contributed by atoms with Crippen molar-refractivity contribution in [3.63, 3.8) is 0 Å². The molecule has 5 nitrogen and oxygen atoms in total. The lowest BCUT2D eigenvalue weighted by molar-refractivity contribution is -0.132. The molecule has 2 aliphatic heterocycles. The Hall–Kier alpha value is -1.91. The molecule has 20 heavy (non-hydrogen) atoms. The molecule has 0 saturated carbocycles. The maximum absolute atomic E-state index is 11.7. The van der Waals surface area contributed by atoms with E-state index in [9.17, 15) is 4.79 Å². The quantitative estimate of drug-likeness (QED) is 0.831. The molecule has 2 fully saturated rings. The molecule has 1 aromatic rings. The van der Waals surface area contributed by atoms with E-state index in [4.69, 9.17) is 10.5 Å². The molecule has 0 radical (unpaired) electrons. The highest BCUT2D eigenvalue weighted by Crippen LogP contribution is 2.34. The summed E-state index contributed by atoms with van der Waals surface area (Å²) in [7, 11) is 1.63. The van der Waals surface area contributed by atoms with Crippen molar-refractivity contribution in [3.8, 4) is 5.75 Å². The van der Waals surface area contributed by atoms with Gasteiger partial charge in [0.05, 0.1) is 12.8 Å². The zero-order valence-corrected chi connectivity index (χ0v) is 12.0. The van der Waals surface area contributed by atoms with Crippen molar-refractivity contribution in [2.75, 3.05) is 30.8 Å². The molecule has 0 spiro atoms. The summed E-state index contributed by atoms with van der Waals surface area (Å²) in [5, 5.41) is 0. The Labute approximate surface area is 119 Å². The Morgan fingerprint density at radius 2 is 1.95 bits per heavy atom. The minimum Gasteiger partial charge on any atom is -0.495 e. The summed E-state index contributed by atoms with van der Waals surface area (Å²) in [5.74, 6) is 0.913. The molecule has 5 heteroatoms. The lowest BCUT2D eigenvalue weighted by Crippen LogP contribution is -2.55. The minimum absolute atomic E-state index is 0.201. The first-order chi connectivity index (χ1) is 9.60. The first-order valence-electron chi connectivity index (χ1n) is 7.07. The van der Waals surface area contributed by atoms with E-state index in [-0.39, 0.29) is 5.91 Å². The highest BCUT2D eigenvalue weighted by atomic mass is 16.5. The first-order valence-corrected chi connectivity index (χ1v) is 7.07. The van der Waals surface area contributed by atoms with Gasteiger partial charge in [-0.1, -0.05) is 0 Å². The molecule has 0 aromatic heterocycles. The number of nitrogens with zero attached hydrogens (tertiary/aromatic N) is 2. The maximum Gasteiger partial charge on any atom is 0.220 e. The predicted molar refractivity (Wildman–Crippen MR) is 78.9 cm³/mol. The molecule has 1 aromatic carbocycles. The van der Waals surface area contributed by atoms with E-state index in [1.54, 1.807) is 14.0 Å². The average molecular weight is 275 g/mol. The van der Waals surface area contributed by atoms with Gasteiger partial charge in [-0.2, -0.15) is 0 Å². The zero-order valence-electron chi connectivity index (χ0n) is 12.0. The number of amides is 1. The molecule has 1 amide bonds. The number of ether oxygens (including phenoxy) is 1. The van der Waals surface area contributed by atoms with E-state index < -0.39 is 0 Å². The normalized spacial score (nSPS) is 24.9. The van der Waals surface area contributed by atoms with Crippen LogP contribution in [0.4, 0.5) is 11.4 Å². The third-order valence-corrected chi connectivity index (χ3v) is 4.43. The highest BCUT2D eigenvalue weighted by molar-refractivity contribution is 5.75. The summed E-state index contributed by atoms with van der Waals surface area (Å²) in [6.07, 6.45) is 2.21. The van der Waals surface area contributed by atoms with Gasteiger partial charge in [0.2, 0.25) is 5.91 Å². The average Bonchev–Trinajstić information content (AvgIpc) is 2.70. The first kappa shape index (κ1) is 13.1. The zero-order chi connectivity index (χ0) is 14.3. The predicted octanol–water partition coefficient (Wildman–Crippen LogP) is 1.48. The number of rotatable bonds is 2. The van der Waals surface area contributed by atoms with Crippen LogP contribution in [0, 0.1) is 0 Å². The van der Waals surface area contributed by atoms with E-state index in [1.165, 1.54) is 0 Å². The number of methoxy groups -OCH3 is 1. The van der Waals surface area contributed by atoms with Crippen molar-refractivity contribution in [2.24, 2.45) is 0 Å². The smallest absolute Gasteiger partial charge is 0.220 e. The van der Waals surface area contributed by atoms with Gasteiger partial charge in [0.25, 0.3) is 0 Å². The second-order valence-electron chi connectivity index (χ2n) is 5.64. The van der Waals surface area contributed by atoms with Gasteiger partial charge in [0.1, 0.15) is 5.75 Å². The van der Waals surface area contributed by atoms with Crippen LogP contribution in [-0.2, 0) is 4.79 Å². The third kappa shape index (κ3) is 2.07. The number of hydrogen-bond acceptors (Lipinski definition) is 4. The van der Waals surface area contributed by atoms with Gasteiger partial charge in [0.15, 0.2) is 0 Å². The Morgan fingerprint density at radius 1 is 1.30 bits per heavy atom. The Kier molecular flexibility index (Phi) is 3.20. The van der Waals surface area contributed by atoms with Gasteiger partial charge in [-0.3, -0.25) is 4.79 Å². The van der Waals surface area contributed by atoms with Gasteiger partial charge in [0, 0.05) is 43.9 Å². The molecule has 2 bridgehead atoms. The Bertz CT molecular complexity index is 518. The maximum atomic E-state index is 11.7. The van der Waals surface area contributed by atoms with E-state index in [1.807, 2.05) is 18.2 Å². The van der Waals surface area contributed by atoms with E-state index in [0.717, 1.165) is 31.6 Å². The molecule has 2 saturated heterocycles. The van der Waals surface area contributed by atoms with Gasteiger partial charge in [-0.05, 0) is 25.0 Å². The number of nitrogen functional groups attached to an aromatic ring is 1. The van der Waals surface area contributed by atoms with Crippen LogP contribution in [0.15, 0.2) is 18.2 Å². The standard InChI is InChI=1S/C15H21N3O2/c1-10(19)18-12-3-4-13(18)9-17(8-12)11-5-6-14(16)15(7-11)20-2/h5-7,12-13H,3-4,8-9,16H2,1-2H3. The van der Waals surface area contributed by atoms with Crippen LogP contribution in [0.1, 0.15) is 19.8 Å². The second-order valence-corrected chi connectivity index (χ2v) is 5.64. The van der Waals surface area contributed by atoms with Crippen LogP contribution in [0.5, 0.6) is 5.75 Å². The van der Waals surface area contributed by atoms with Crippen LogP contribution in [0.25, 0.3) is 0 Å². The van der Waals surface area contributed by atoms with Gasteiger partial charge < -0.3 is 20.3 Å². The number of anilines is 2. The van der Waals surface area contributed by atoms with Gasteiger partial charge in [-0.25, -0.2) is 0 Å². The van der Waals surface area contributed by atoms with Gasteiger partial charge >= 0.3 is 0 Å². The monoisotopic (exact) mass is 275 g/mol. The van der Waals surface area contributed by atoms with Crippen LogP contribution in [0.2, 0.25) is 0 Å². The second kappa shape index (κ2) is 4.89. The molecule has 108 valence electrons. The molecule has 0 aliphatic carbocycles. The van der Waals surface area contributed by atoms with Crippen LogP contribution in [-0.4, -0.2) is 43.1 Å². The number of piperazine rings is 1. The summed E-state index contributed by atoms with van der Waals surface area (Å²) in [6.45, 7) is 3.46. The van der Waals surface area contributed by atoms with Crippen molar-refractivity contribution in [3.05, 3.63) is 18.2 Å². The van der Waals surface area contributed by atoms with Crippen molar-refractivity contribution in [2.45, 2.75) is 31.8 Å². The number of benzene rings is 1. The number of carbonyl (C=O) groups is 1. The van der Waals surface area contributed by atoms with Crippen LogP contribution < -0.4 is 15.4 Å². The summed E-state index contributed by atoms with van der Waals surface area (Å²) >= 11 is 0. The Morgan fingerprint density at radius 3 is 2.50 bits per heavy atom. The molecule has 2 aliphatic rings. The number of fused-ring (bicyclic) bond motifs is 2. The van der Waals surface area contributed by atoms with Crippen molar-refractivity contribution in [1.82, 2.24) is 4.90 Å². The largest absolute Gasteiger partial charge is 0.495 e. The summed E-state index contributed by atoms with van der Waals surface area (Å²) < 4.78 is 5.29. The van der Waals surface area contributed by atoms with Crippen molar-refractivity contribution in [1.29, 1.82) is 0 Å². The number of hydrogen-bond donors (Lipinski definition) is 1. The van der Waals surface area contributed by atoms with Crippen molar-refractivity contribution >= 4 is 17.3 Å². The van der Waals surface area contributed by atoms with Gasteiger partial charge in [-0.15, -0.1) is 0 Å². The fourth-order valence-electron chi connectivity index (χ4n) is 3.52. The topological polar surface area (TPSA) is 58.8 Å². The van der Waals surface area contributed by atoms with E-state index in [2.05, 4.69) is 9.80 Å². The molecule has 2 atom stereocenters. The van der Waals surface area contributed by atoms with Crippen molar-refractivity contribution < 1.29 is 9.53 Å². The summed E-state index contributed by atoms with van der Waals surface area (Å²) in [6, 6.07) is 6.58. The Balaban J connectivity index is 1.82. The summed E-state index contributed by atoms with van der Waals surface area (Å²) in [4.78, 5) is 16.1. The lowest BCUT2D eigenvalue weighted by atomic mass is 10.1. The fourth-order valence-corrected chi connectivity index (χ4v) is 3.52. The fraction of sp³-hybridized carbons (Fsp3) is 0.533. The molecular formula is C15H21N3O2. The van der Waals surface area contributed by atoms with E-state index in [0.29, 0.717) is 23.5 Å². The van der Waals surface area contributed by atoms with E-state index >= 15 is 0 Å². The number of carbonyl (C=O) groups excluding carboxylic acids is 1. The SMILES string of the molecule is COc1cc(N2CC3CCC(C2)N3C(C)=O)ccc1N. The van der Waals surface area contributed by atoms with Crippen LogP contribution in [0.3, 0.4) is 0 Å². The summed E-state index contributed by atoms with van der Waals surface area (Å²) in [5.41, 5.74) is 7.64. The number of nitrogens with two attached hydrogens (primary N) is 1. The molecular weight excluding hydrogens is 254 g/mol.